The molecule has 2 atom stereocenters. The number of rotatable bonds is 2. The quantitative estimate of drug-likeness (QED) is 0.905. The third-order valence-corrected chi connectivity index (χ3v) is 4.79. The molecule has 2 aliphatic rings. The fourth-order valence-electron chi connectivity index (χ4n) is 3.57. The maximum atomic E-state index is 5.51. The van der Waals surface area contributed by atoms with Gasteiger partial charge in [0.05, 0.1) is 0 Å². The number of nitrogens with one attached hydrogen (secondary N) is 1. The predicted molar refractivity (Wildman–Crippen MR) is 82.3 cm³/mol. The molecule has 0 saturated heterocycles. The number of hydrogen-bond acceptors (Lipinski definition) is 4. The zero-order chi connectivity index (χ0) is 14.2. The summed E-state index contributed by atoms with van der Waals surface area (Å²) in [4.78, 5) is 4.65. The maximum Gasteiger partial charge on any atom is 0.257 e. The Hall–Kier alpha value is -1.84. The third-order valence-electron chi connectivity index (χ3n) is 4.79. The number of fused-ring (bicyclic) bond motifs is 1. The van der Waals surface area contributed by atoms with Crippen molar-refractivity contribution in [2.45, 2.75) is 44.9 Å². The molecule has 1 saturated carbocycles. The summed E-state index contributed by atoms with van der Waals surface area (Å²) >= 11 is 0. The van der Waals surface area contributed by atoms with Crippen LogP contribution in [0.2, 0.25) is 0 Å². The van der Waals surface area contributed by atoms with Crippen LogP contribution in [0.1, 0.15) is 49.9 Å². The molecule has 2 unspecified atom stereocenters. The largest absolute Gasteiger partial charge is 0.385 e. The first kappa shape index (κ1) is 12.9. The predicted octanol–water partition coefficient (Wildman–Crippen LogP) is 4.00. The van der Waals surface area contributed by atoms with Crippen LogP contribution in [0.25, 0.3) is 11.5 Å². The molecule has 4 nitrogen and oxygen atoms in total. The van der Waals surface area contributed by atoms with Gasteiger partial charge in [-0.1, -0.05) is 12.1 Å². The number of nitrogens with zero attached hydrogens (tertiary/aromatic N) is 2. The van der Waals surface area contributed by atoms with Gasteiger partial charge in [0.25, 0.3) is 5.89 Å². The van der Waals surface area contributed by atoms with Crippen LogP contribution in [-0.4, -0.2) is 16.7 Å². The summed E-state index contributed by atoms with van der Waals surface area (Å²) in [6.07, 6.45) is 5.96. The molecule has 0 bridgehead atoms. The molecule has 21 heavy (non-hydrogen) atoms. The summed E-state index contributed by atoms with van der Waals surface area (Å²) in [6, 6.07) is 6.40. The smallest absolute Gasteiger partial charge is 0.257 e. The average Bonchev–Trinajstić information content (AvgIpc) is 3.15. The van der Waals surface area contributed by atoms with E-state index < -0.39 is 0 Å². The second-order valence-electron chi connectivity index (χ2n) is 6.48. The second-order valence-corrected chi connectivity index (χ2v) is 6.48. The van der Waals surface area contributed by atoms with Crippen LogP contribution in [0.4, 0.5) is 5.69 Å². The van der Waals surface area contributed by atoms with Crippen molar-refractivity contribution in [3.63, 3.8) is 0 Å². The first-order valence-electron chi connectivity index (χ1n) is 8.00. The molecule has 1 aliphatic heterocycles. The SMILES string of the molecule is CC1CCC(c2noc(-c3ccc4c(c3)CCCN4)n2)C1. The minimum atomic E-state index is 0.483. The molecule has 0 spiro atoms. The Morgan fingerprint density at radius 3 is 3.10 bits per heavy atom. The number of benzene rings is 1. The zero-order valence-corrected chi connectivity index (χ0v) is 12.4. The molecule has 2 heterocycles. The lowest BCUT2D eigenvalue weighted by molar-refractivity contribution is 0.414. The van der Waals surface area contributed by atoms with E-state index in [1.807, 2.05) is 0 Å². The molecule has 4 rings (SSSR count). The van der Waals surface area contributed by atoms with E-state index in [2.05, 4.69) is 40.6 Å². The van der Waals surface area contributed by atoms with Gasteiger partial charge in [0, 0.05) is 23.7 Å². The monoisotopic (exact) mass is 283 g/mol. The molecular weight excluding hydrogens is 262 g/mol. The van der Waals surface area contributed by atoms with Crippen LogP contribution < -0.4 is 5.32 Å². The summed E-state index contributed by atoms with van der Waals surface area (Å²) in [5.41, 5.74) is 3.64. The van der Waals surface area contributed by atoms with Crippen molar-refractivity contribution in [2.75, 3.05) is 11.9 Å². The summed E-state index contributed by atoms with van der Waals surface area (Å²) < 4.78 is 5.51. The fraction of sp³-hybridized carbons (Fsp3) is 0.529. The number of anilines is 1. The molecule has 1 aromatic heterocycles. The molecule has 0 radical (unpaired) electrons. The van der Waals surface area contributed by atoms with Crippen LogP contribution >= 0.6 is 0 Å². The highest BCUT2D eigenvalue weighted by Gasteiger charge is 2.27. The normalized spacial score (nSPS) is 24.6. The Morgan fingerprint density at radius 1 is 1.29 bits per heavy atom. The van der Waals surface area contributed by atoms with Crippen molar-refractivity contribution in [1.82, 2.24) is 10.1 Å². The van der Waals surface area contributed by atoms with Crippen LogP contribution in [0, 0.1) is 5.92 Å². The lowest BCUT2D eigenvalue weighted by Crippen LogP contribution is -2.11. The number of aryl methyl sites for hydroxylation is 1. The highest BCUT2D eigenvalue weighted by Crippen LogP contribution is 2.37. The van der Waals surface area contributed by atoms with Crippen molar-refractivity contribution in [3.05, 3.63) is 29.6 Å². The van der Waals surface area contributed by atoms with Gasteiger partial charge in [-0.25, -0.2) is 0 Å². The minimum absolute atomic E-state index is 0.483. The Balaban J connectivity index is 1.60. The topological polar surface area (TPSA) is 51.0 Å². The van der Waals surface area contributed by atoms with E-state index >= 15 is 0 Å². The van der Waals surface area contributed by atoms with Crippen LogP contribution in [0.5, 0.6) is 0 Å². The zero-order valence-electron chi connectivity index (χ0n) is 12.4. The molecule has 0 amide bonds. The van der Waals surface area contributed by atoms with E-state index in [4.69, 9.17) is 4.52 Å². The minimum Gasteiger partial charge on any atom is -0.385 e. The van der Waals surface area contributed by atoms with Crippen LogP contribution in [0.3, 0.4) is 0 Å². The molecule has 1 N–H and O–H groups in total. The Bertz CT molecular complexity index is 649. The van der Waals surface area contributed by atoms with Crippen LogP contribution in [-0.2, 0) is 6.42 Å². The van der Waals surface area contributed by atoms with Gasteiger partial charge in [-0.05, 0) is 61.8 Å². The second kappa shape index (κ2) is 5.17. The molecule has 1 aliphatic carbocycles. The molecule has 1 aromatic carbocycles. The first-order chi connectivity index (χ1) is 10.3. The molecule has 1 fully saturated rings. The summed E-state index contributed by atoms with van der Waals surface area (Å²) in [5.74, 6) is 2.83. The van der Waals surface area contributed by atoms with E-state index in [1.165, 1.54) is 36.9 Å². The van der Waals surface area contributed by atoms with E-state index in [-0.39, 0.29) is 0 Å². The van der Waals surface area contributed by atoms with E-state index in [9.17, 15) is 0 Å². The maximum absolute atomic E-state index is 5.51. The Kier molecular flexibility index (Phi) is 3.17. The van der Waals surface area contributed by atoms with Gasteiger partial charge < -0.3 is 9.84 Å². The summed E-state index contributed by atoms with van der Waals surface area (Å²) in [5, 5.41) is 7.65. The van der Waals surface area contributed by atoms with Gasteiger partial charge in [-0.2, -0.15) is 4.98 Å². The van der Waals surface area contributed by atoms with Crippen molar-refractivity contribution in [2.24, 2.45) is 5.92 Å². The summed E-state index contributed by atoms with van der Waals surface area (Å²) in [7, 11) is 0. The highest BCUT2D eigenvalue weighted by molar-refractivity contribution is 5.63. The molecule has 110 valence electrons. The molecule has 2 aromatic rings. The van der Waals surface area contributed by atoms with Crippen molar-refractivity contribution < 1.29 is 4.52 Å². The van der Waals surface area contributed by atoms with Crippen molar-refractivity contribution in [1.29, 1.82) is 0 Å². The lowest BCUT2D eigenvalue weighted by atomic mass is 10.0. The molecular formula is C17H21N3O. The lowest BCUT2D eigenvalue weighted by Gasteiger charge is -2.17. The van der Waals surface area contributed by atoms with Crippen molar-refractivity contribution in [3.8, 4) is 11.5 Å². The number of aromatic nitrogens is 2. The standard InChI is InChI=1S/C17H21N3O/c1-11-4-5-13(9-11)16-19-17(21-20-16)14-6-7-15-12(10-14)3-2-8-18-15/h6-7,10-11,13,18H,2-5,8-9H2,1H3. The fourth-order valence-corrected chi connectivity index (χ4v) is 3.57. The van der Waals surface area contributed by atoms with Crippen molar-refractivity contribution >= 4 is 5.69 Å². The van der Waals surface area contributed by atoms with E-state index in [1.54, 1.807) is 0 Å². The van der Waals surface area contributed by atoms with Crippen LogP contribution in [0.15, 0.2) is 22.7 Å². The van der Waals surface area contributed by atoms with Gasteiger partial charge in [-0.3, -0.25) is 0 Å². The highest BCUT2D eigenvalue weighted by atomic mass is 16.5. The van der Waals surface area contributed by atoms with Gasteiger partial charge >= 0.3 is 0 Å². The van der Waals surface area contributed by atoms with Gasteiger partial charge in [0.15, 0.2) is 5.82 Å². The van der Waals surface area contributed by atoms with E-state index in [0.717, 1.165) is 30.3 Å². The molecule has 4 heteroatoms. The van der Waals surface area contributed by atoms with E-state index in [0.29, 0.717) is 11.8 Å². The third kappa shape index (κ3) is 2.43. The van der Waals surface area contributed by atoms with Gasteiger partial charge in [0.1, 0.15) is 0 Å². The van der Waals surface area contributed by atoms with Gasteiger partial charge in [-0.15, -0.1) is 0 Å². The Morgan fingerprint density at radius 2 is 2.24 bits per heavy atom. The Labute approximate surface area is 124 Å². The first-order valence-corrected chi connectivity index (χ1v) is 8.00. The van der Waals surface area contributed by atoms with Gasteiger partial charge in [0.2, 0.25) is 0 Å². The average molecular weight is 283 g/mol. The number of hydrogen-bond donors (Lipinski definition) is 1. The summed E-state index contributed by atoms with van der Waals surface area (Å²) in [6.45, 7) is 3.37.